The van der Waals surface area contributed by atoms with E-state index in [4.69, 9.17) is 4.74 Å². The van der Waals surface area contributed by atoms with E-state index in [2.05, 4.69) is 21.1 Å². The van der Waals surface area contributed by atoms with Gasteiger partial charge in [0.25, 0.3) is 0 Å². The normalized spacial score (nSPS) is 18.1. The maximum atomic E-state index is 13.4. The highest BCUT2D eigenvalue weighted by Crippen LogP contribution is 2.38. The molecule has 2 aliphatic carbocycles. The van der Waals surface area contributed by atoms with E-state index in [1.165, 1.54) is 21.6 Å². The van der Waals surface area contributed by atoms with E-state index in [0.29, 0.717) is 31.7 Å². The summed E-state index contributed by atoms with van der Waals surface area (Å²) < 4.78 is 35.7. The van der Waals surface area contributed by atoms with Gasteiger partial charge in [0.05, 0.1) is 17.9 Å². The Morgan fingerprint density at radius 2 is 1.75 bits per heavy atom. The molecule has 0 radical (unpaired) electrons. The second-order valence-corrected chi connectivity index (χ2v) is 10.2. The molecule has 0 unspecified atom stereocenters. The van der Waals surface area contributed by atoms with Crippen molar-refractivity contribution in [3.05, 3.63) is 52.8 Å². The third kappa shape index (κ3) is 4.06. The summed E-state index contributed by atoms with van der Waals surface area (Å²) in [6.45, 7) is 0.955. The van der Waals surface area contributed by atoms with Gasteiger partial charge in [-0.2, -0.15) is 8.42 Å². The zero-order valence-electron chi connectivity index (χ0n) is 18.0. The van der Waals surface area contributed by atoms with Crippen molar-refractivity contribution in [1.29, 1.82) is 0 Å². The maximum Gasteiger partial charge on any atom is 0.334 e. The number of fused-ring (bicyclic) bond motifs is 2. The molecule has 170 valence electrons. The number of carbonyl (C=O) groups excluding carboxylic acids is 1. The molecule has 0 atom stereocenters. The van der Waals surface area contributed by atoms with Crippen LogP contribution in [0, 0.1) is 0 Å². The lowest BCUT2D eigenvalue weighted by Crippen LogP contribution is -2.51. The van der Waals surface area contributed by atoms with E-state index in [-0.39, 0.29) is 6.04 Å². The van der Waals surface area contributed by atoms with E-state index in [1.54, 1.807) is 18.3 Å². The third-order valence-corrected chi connectivity index (χ3v) is 8.09. The molecule has 2 aromatic rings. The van der Waals surface area contributed by atoms with Crippen molar-refractivity contribution in [3.63, 3.8) is 0 Å². The van der Waals surface area contributed by atoms with Gasteiger partial charge in [0.1, 0.15) is 0 Å². The van der Waals surface area contributed by atoms with Gasteiger partial charge in [-0.3, -0.25) is 4.98 Å². The van der Waals surface area contributed by atoms with Crippen LogP contribution in [0.4, 0.5) is 16.2 Å². The Morgan fingerprint density at radius 3 is 2.38 bits per heavy atom. The molecule has 2 heterocycles. The Kier molecular flexibility index (Phi) is 5.77. The average Bonchev–Trinajstić information content (AvgIpc) is 3.44. The number of hydrogen-bond donors (Lipinski definition) is 2. The van der Waals surface area contributed by atoms with Crippen LogP contribution >= 0.6 is 0 Å². The molecule has 3 aliphatic rings. The molecule has 1 saturated heterocycles. The smallest absolute Gasteiger partial charge is 0.334 e. The molecule has 0 saturated carbocycles. The van der Waals surface area contributed by atoms with Crippen LogP contribution in [0.3, 0.4) is 0 Å². The van der Waals surface area contributed by atoms with Crippen molar-refractivity contribution < 1.29 is 17.9 Å². The minimum atomic E-state index is -4.15. The fourth-order valence-electron chi connectivity index (χ4n) is 5.22. The van der Waals surface area contributed by atoms with Gasteiger partial charge < -0.3 is 10.1 Å². The quantitative estimate of drug-likeness (QED) is 0.720. The zero-order valence-corrected chi connectivity index (χ0v) is 18.8. The van der Waals surface area contributed by atoms with Crippen molar-refractivity contribution in [3.8, 4) is 0 Å². The Hall–Kier alpha value is -2.65. The van der Waals surface area contributed by atoms with E-state index < -0.39 is 16.2 Å². The molecular weight excluding hydrogens is 428 g/mol. The molecule has 2 N–H and O–H groups in total. The predicted molar refractivity (Wildman–Crippen MR) is 122 cm³/mol. The monoisotopic (exact) mass is 456 g/mol. The molecule has 1 aliphatic heterocycles. The summed E-state index contributed by atoms with van der Waals surface area (Å²) in [7, 11) is -4.15. The first-order valence-electron chi connectivity index (χ1n) is 11.3. The van der Waals surface area contributed by atoms with Crippen LogP contribution in [0.2, 0.25) is 0 Å². The van der Waals surface area contributed by atoms with Crippen LogP contribution in [0.25, 0.3) is 0 Å². The molecule has 5 rings (SSSR count). The van der Waals surface area contributed by atoms with Gasteiger partial charge in [-0.1, -0.05) is 6.07 Å². The molecule has 1 fully saturated rings. The lowest BCUT2D eigenvalue weighted by Gasteiger charge is -2.34. The average molecular weight is 457 g/mol. The van der Waals surface area contributed by atoms with E-state index in [1.807, 2.05) is 0 Å². The fraction of sp³-hybridized carbons (Fsp3) is 0.478. The molecule has 1 aromatic heterocycles. The van der Waals surface area contributed by atoms with E-state index >= 15 is 0 Å². The Bertz CT molecular complexity index is 1080. The summed E-state index contributed by atoms with van der Waals surface area (Å²) in [5, 5.41) is 2.91. The van der Waals surface area contributed by atoms with Gasteiger partial charge in [0, 0.05) is 25.1 Å². The van der Waals surface area contributed by atoms with Crippen molar-refractivity contribution in [1.82, 2.24) is 9.71 Å². The first-order chi connectivity index (χ1) is 15.5. The van der Waals surface area contributed by atoms with Crippen molar-refractivity contribution in [2.75, 3.05) is 22.8 Å². The first-order valence-corrected chi connectivity index (χ1v) is 12.7. The number of benzene rings is 1. The van der Waals surface area contributed by atoms with Gasteiger partial charge in [-0.15, -0.1) is 0 Å². The highest BCUT2D eigenvalue weighted by molar-refractivity contribution is 7.91. The van der Waals surface area contributed by atoms with Crippen LogP contribution in [0.1, 0.15) is 47.9 Å². The zero-order chi connectivity index (χ0) is 22.1. The topological polar surface area (TPSA) is 101 Å². The van der Waals surface area contributed by atoms with Crippen LogP contribution in [-0.4, -0.2) is 38.7 Å². The van der Waals surface area contributed by atoms with Gasteiger partial charge in [0.15, 0.2) is 0 Å². The molecule has 9 heteroatoms. The molecule has 8 nitrogen and oxygen atoms in total. The Morgan fingerprint density at radius 1 is 1.06 bits per heavy atom. The lowest BCUT2D eigenvalue weighted by molar-refractivity contribution is 0.0875. The number of aromatic nitrogens is 1. The lowest BCUT2D eigenvalue weighted by atomic mass is 9.99. The number of rotatable bonds is 5. The minimum absolute atomic E-state index is 0.302. The number of pyridine rings is 1. The summed E-state index contributed by atoms with van der Waals surface area (Å²) in [5.41, 5.74) is 6.13. The number of carbonyl (C=O) groups is 1. The minimum Gasteiger partial charge on any atom is -0.381 e. The summed E-state index contributed by atoms with van der Waals surface area (Å²) in [5.74, 6) is 0. The summed E-state index contributed by atoms with van der Waals surface area (Å²) in [6.07, 6.45) is 10.2. The summed E-state index contributed by atoms with van der Waals surface area (Å²) >= 11 is 0. The second kappa shape index (κ2) is 8.71. The number of urea groups is 1. The van der Waals surface area contributed by atoms with Gasteiger partial charge in [-0.05, 0) is 85.8 Å². The van der Waals surface area contributed by atoms with Gasteiger partial charge in [0.2, 0.25) is 0 Å². The number of nitrogens with zero attached hydrogens (tertiary/aromatic N) is 2. The van der Waals surface area contributed by atoms with E-state index in [0.717, 1.165) is 55.3 Å². The fourth-order valence-corrected chi connectivity index (χ4v) is 6.59. The number of anilines is 2. The Labute approximate surface area is 188 Å². The van der Waals surface area contributed by atoms with Crippen LogP contribution in [0.5, 0.6) is 0 Å². The first kappa shape index (κ1) is 21.2. The predicted octanol–water partition coefficient (Wildman–Crippen LogP) is 3.11. The summed E-state index contributed by atoms with van der Waals surface area (Å²) in [4.78, 5) is 17.1. The van der Waals surface area contributed by atoms with Crippen LogP contribution in [0.15, 0.2) is 30.6 Å². The molecule has 2 amide bonds. The molecular formula is C23H28N4O4S. The largest absolute Gasteiger partial charge is 0.381 e. The molecule has 1 aromatic carbocycles. The standard InChI is InChI=1S/C23H28N4O4S/c28-23(25-22-20-7-1-4-16(20)14-17-5-2-8-21(17)22)26-32(29,30)27(18-9-12-31-13-10-18)19-6-3-11-24-15-19/h3,6,11,14-15,18H,1-2,4-5,7-10,12-13H2,(H2,25,26,28). The van der Waals surface area contributed by atoms with Crippen molar-refractivity contribution >= 4 is 27.6 Å². The highest BCUT2D eigenvalue weighted by Gasteiger charge is 2.34. The number of amides is 2. The number of ether oxygens (including phenoxy) is 1. The number of hydrogen-bond acceptors (Lipinski definition) is 5. The molecule has 0 spiro atoms. The highest BCUT2D eigenvalue weighted by atomic mass is 32.2. The molecule has 32 heavy (non-hydrogen) atoms. The number of aryl methyl sites for hydroxylation is 2. The van der Waals surface area contributed by atoms with Gasteiger partial charge >= 0.3 is 16.2 Å². The van der Waals surface area contributed by atoms with Gasteiger partial charge in [-0.25, -0.2) is 13.8 Å². The molecule has 0 bridgehead atoms. The van der Waals surface area contributed by atoms with Crippen molar-refractivity contribution in [2.24, 2.45) is 0 Å². The third-order valence-electron chi connectivity index (χ3n) is 6.62. The second-order valence-electron chi connectivity index (χ2n) is 8.65. The number of nitrogens with one attached hydrogen (secondary N) is 2. The SMILES string of the molecule is O=C(Nc1c2c(cc3c1CCC3)CCC2)NS(=O)(=O)N(c1cccnc1)C1CCOCC1. The van der Waals surface area contributed by atoms with Crippen LogP contribution in [-0.2, 0) is 40.6 Å². The van der Waals surface area contributed by atoms with Crippen molar-refractivity contribution in [2.45, 2.75) is 57.4 Å². The summed E-state index contributed by atoms with van der Waals surface area (Å²) in [6, 6.07) is 4.63. The Balaban J connectivity index is 1.41. The maximum absolute atomic E-state index is 13.4. The van der Waals surface area contributed by atoms with Crippen LogP contribution < -0.4 is 14.3 Å². The van der Waals surface area contributed by atoms with E-state index in [9.17, 15) is 13.2 Å².